The van der Waals surface area contributed by atoms with Gasteiger partial charge < -0.3 is 15.2 Å². The summed E-state index contributed by atoms with van der Waals surface area (Å²) < 4.78 is 5.31. The molecule has 2 rings (SSSR count). The van der Waals surface area contributed by atoms with Gasteiger partial charge in [-0.3, -0.25) is 4.99 Å². The Hall–Kier alpha value is -1.17. The number of rotatable bonds is 4. The van der Waals surface area contributed by atoms with Gasteiger partial charge in [0.2, 0.25) is 0 Å². The molecule has 0 amide bonds. The Morgan fingerprint density at radius 3 is 3.05 bits per heavy atom. The lowest BCUT2D eigenvalue weighted by Crippen LogP contribution is -2.45. The Kier molecular flexibility index (Phi) is 5.76. The number of nitrogens with one attached hydrogen (secondary N) is 2. The molecule has 1 unspecified atom stereocenters. The number of hydrogen-bond acceptors (Lipinski definition) is 4. The molecule has 0 bridgehead atoms. The van der Waals surface area contributed by atoms with Gasteiger partial charge in [-0.1, -0.05) is 19.0 Å². The molecule has 6 heteroatoms. The molecule has 2 heterocycles. The number of hydrogen-bond donors (Lipinski definition) is 2. The van der Waals surface area contributed by atoms with Gasteiger partial charge in [-0.15, -0.1) is 0 Å². The summed E-state index contributed by atoms with van der Waals surface area (Å²) >= 11 is 2.00. The van der Waals surface area contributed by atoms with Crippen molar-refractivity contribution >= 4 is 17.7 Å². The number of aliphatic imine (C=N–C) groups is 1. The Balaban J connectivity index is 1.80. The second kappa shape index (κ2) is 7.57. The van der Waals surface area contributed by atoms with E-state index < -0.39 is 0 Å². The smallest absolute Gasteiger partial charge is 0.191 e. The van der Waals surface area contributed by atoms with E-state index in [1.54, 1.807) is 7.05 Å². The zero-order valence-electron chi connectivity index (χ0n) is 12.5. The first kappa shape index (κ1) is 15.2. The Morgan fingerprint density at radius 1 is 1.60 bits per heavy atom. The van der Waals surface area contributed by atoms with E-state index in [1.165, 1.54) is 18.6 Å². The summed E-state index contributed by atoms with van der Waals surface area (Å²) in [7, 11) is 1.80. The van der Waals surface area contributed by atoms with Crippen LogP contribution in [-0.4, -0.2) is 35.7 Å². The highest BCUT2D eigenvalue weighted by molar-refractivity contribution is 7.99. The van der Waals surface area contributed by atoms with Crippen molar-refractivity contribution in [2.75, 3.05) is 18.6 Å². The molecule has 0 spiro atoms. The molecule has 20 heavy (non-hydrogen) atoms. The first-order valence-corrected chi connectivity index (χ1v) is 8.35. The van der Waals surface area contributed by atoms with Gasteiger partial charge in [-0.25, -0.2) is 0 Å². The largest absolute Gasteiger partial charge is 0.359 e. The van der Waals surface area contributed by atoms with E-state index in [0.29, 0.717) is 18.5 Å². The minimum Gasteiger partial charge on any atom is -0.359 e. The second-order valence-corrected chi connectivity index (χ2v) is 6.51. The van der Waals surface area contributed by atoms with Gasteiger partial charge in [-0.05, 0) is 24.5 Å². The van der Waals surface area contributed by atoms with Crippen molar-refractivity contribution in [3.05, 3.63) is 17.5 Å². The molecule has 0 radical (unpaired) electrons. The molecule has 0 aliphatic carbocycles. The van der Waals surface area contributed by atoms with Crippen LogP contribution in [0.3, 0.4) is 0 Å². The Labute approximate surface area is 125 Å². The summed E-state index contributed by atoms with van der Waals surface area (Å²) in [4.78, 5) is 4.26. The number of aromatic nitrogens is 1. The average Bonchev–Trinajstić information content (AvgIpc) is 2.93. The Morgan fingerprint density at radius 2 is 2.45 bits per heavy atom. The van der Waals surface area contributed by atoms with Crippen molar-refractivity contribution in [2.45, 2.75) is 45.2 Å². The van der Waals surface area contributed by atoms with Crippen LogP contribution >= 0.6 is 11.8 Å². The average molecular weight is 296 g/mol. The highest BCUT2D eigenvalue weighted by Crippen LogP contribution is 2.17. The molecule has 112 valence electrons. The zero-order valence-corrected chi connectivity index (χ0v) is 13.3. The lowest BCUT2D eigenvalue weighted by molar-refractivity contribution is 0.371. The van der Waals surface area contributed by atoms with Gasteiger partial charge >= 0.3 is 0 Å². The summed E-state index contributed by atoms with van der Waals surface area (Å²) in [5, 5.41) is 10.8. The highest BCUT2D eigenvalue weighted by Gasteiger charge is 2.15. The molecule has 1 fully saturated rings. The van der Waals surface area contributed by atoms with Crippen LogP contribution in [0.15, 0.2) is 15.6 Å². The van der Waals surface area contributed by atoms with Crippen LogP contribution in [0.2, 0.25) is 0 Å². The maximum Gasteiger partial charge on any atom is 0.191 e. The summed E-state index contributed by atoms with van der Waals surface area (Å²) in [5.41, 5.74) is 0.994. The molecule has 1 aromatic heterocycles. The third-order valence-corrected chi connectivity index (χ3v) is 4.54. The molecule has 1 aromatic rings. The predicted molar refractivity (Wildman–Crippen MR) is 84.3 cm³/mol. The zero-order chi connectivity index (χ0) is 14.4. The standard InChI is InChI=1S/C14H24N4OS/c1-10(2)13-7-12(19-18-13)8-16-14(15-3)17-11-5-4-6-20-9-11/h7,10-11H,4-6,8-9H2,1-3H3,(H2,15,16,17). The van der Waals surface area contributed by atoms with Crippen molar-refractivity contribution in [3.63, 3.8) is 0 Å². The quantitative estimate of drug-likeness (QED) is 0.660. The van der Waals surface area contributed by atoms with E-state index in [1.807, 2.05) is 17.8 Å². The van der Waals surface area contributed by atoms with Crippen molar-refractivity contribution in [1.82, 2.24) is 15.8 Å². The summed E-state index contributed by atoms with van der Waals surface area (Å²) in [6.07, 6.45) is 2.49. The van der Waals surface area contributed by atoms with Gasteiger partial charge in [0.05, 0.1) is 12.2 Å². The van der Waals surface area contributed by atoms with Gasteiger partial charge in [0, 0.05) is 24.9 Å². The van der Waals surface area contributed by atoms with E-state index in [2.05, 4.69) is 34.6 Å². The van der Waals surface area contributed by atoms with E-state index in [-0.39, 0.29) is 0 Å². The van der Waals surface area contributed by atoms with Crippen molar-refractivity contribution in [2.24, 2.45) is 4.99 Å². The van der Waals surface area contributed by atoms with E-state index in [4.69, 9.17) is 4.52 Å². The fraction of sp³-hybridized carbons (Fsp3) is 0.714. The topological polar surface area (TPSA) is 62.5 Å². The number of guanidine groups is 1. The normalized spacial score (nSPS) is 20.2. The van der Waals surface area contributed by atoms with Crippen molar-refractivity contribution in [3.8, 4) is 0 Å². The molecular formula is C14H24N4OS. The van der Waals surface area contributed by atoms with Crippen LogP contribution in [0.5, 0.6) is 0 Å². The molecule has 1 aliphatic heterocycles. The molecule has 1 aliphatic rings. The summed E-state index contributed by atoms with van der Waals surface area (Å²) in [5.74, 6) is 4.50. The van der Waals surface area contributed by atoms with Crippen LogP contribution in [0.25, 0.3) is 0 Å². The van der Waals surface area contributed by atoms with Gasteiger partial charge in [0.25, 0.3) is 0 Å². The van der Waals surface area contributed by atoms with Gasteiger partial charge in [0.15, 0.2) is 11.7 Å². The van der Waals surface area contributed by atoms with E-state index in [0.717, 1.165) is 23.2 Å². The van der Waals surface area contributed by atoms with Crippen molar-refractivity contribution < 1.29 is 4.52 Å². The van der Waals surface area contributed by atoms with Gasteiger partial charge in [-0.2, -0.15) is 11.8 Å². The summed E-state index contributed by atoms with van der Waals surface area (Å²) in [6, 6.07) is 2.52. The molecule has 2 N–H and O–H groups in total. The highest BCUT2D eigenvalue weighted by atomic mass is 32.2. The van der Waals surface area contributed by atoms with Crippen molar-refractivity contribution in [1.29, 1.82) is 0 Å². The predicted octanol–water partition coefficient (Wildman–Crippen LogP) is 2.36. The third kappa shape index (κ3) is 4.44. The lowest BCUT2D eigenvalue weighted by Gasteiger charge is -2.24. The second-order valence-electron chi connectivity index (χ2n) is 5.36. The molecule has 1 atom stereocenters. The number of thioether (sulfide) groups is 1. The van der Waals surface area contributed by atoms with Crippen LogP contribution < -0.4 is 10.6 Å². The molecule has 1 saturated heterocycles. The minimum absolute atomic E-state index is 0.393. The first-order valence-electron chi connectivity index (χ1n) is 7.19. The van der Waals surface area contributed by atoms with Crippen LogP contribution in [0, 0.1) is 0 Å². The monoisotopic (exact) mass is 296 g/mol. The maximum atomic E-state index is 5.31. The maximum absolute atomic E-state index is 5.31. The molecular weight excluding hydrogens is 272 g/mol. The third-order valence-electron chi connectivity index (χ3n) is 3.32. The van der Waals surface area contributed by atoms with Crippen LogP contribution in [-0.2, 0) is 6.54 Å². The summed E-state index contributed by atoms with van der Waals surface area (Å²) in [6.45, 7) is 4.83. The fourth-order valence-corrected chi connectivity index (χ4v) is 3.17. The van der Waals surface area contributed by atoms with Crippen LogP contribution in [0.1, 0.15) is 44.1 Å². The SMILES string of the molecule is CN=C(NCc1cc(C(C)C)no1)NC1CCCSC1. The number of nitrogens with zero attached hydrogens (tertiary/aromatic N) is 2. The molecule has 5 nitrogen and oxygen atoms in total. The fourth-order valence-electron chi connectivity index (χ4n) is 2.10. The molecule has 0 aromatic carbocycles. The van der Waals surface area contributed by atoms with E-state index >= 15 is 0 Å². The minimum atomic E-state index is 0.393. The van der Waals surface area contributed by atoms with Crippen LogP contribution in [0.4, 0.5) is 0 Å². The molecule has 0 saturated carbocycles. The first-order chi connectivity index (χ1) is 9.69. The lowest BCUT2D eigenvalue weighted by atomic mass is 10.1. The van der Waals surface area contributed by atoms with Gasteiger partial charge in [0.1, 0.15) is 0 Å². The Bertz CT molecular complexity index is 438. The van der Waals surface area contributed by atoms with E-state index in [9.17, 15) is 0 Å².